The maximum atomic E-state index is 13.2. The number of carbonyl (C=O) groups excluding carboxylic acids is 1. The molecule has 1 aromatic rings. The summed E-state index contributed by atoms with van der Waals surface area (Å²) in [6.07, 6.45) is 2.41. The van der Waals surface area contributed by atoms with Gasteiger partial charge in [0.25, 0.3) is 0 Å². The van der Waals surface area contributed by atoms with Crippen LogP contribution in [-0.2, 0) is 4.79 Å². The molecule has 1 N–H and O–H groups in total. The fourth-order valence-electron chi connectivity index (χ4n) is 1.27. The molecule has 0 aliphatic heterocycles. The molecule has 1 rings (SSSR count). The van der Waals surface area contributed by atoms with Gasteiger partial charge in [0, 0.05) is 23.4 Å². The highest BCUT2D eigenvalue weighted by Crippen LogP contribution is 2.13. The summed E-state index contributed by atoms with van der Waals surface area (Å²) in [5, 5.41) is 8.96. The zero-order valence-electron chi connectivity index (χ0n) is 8.82. The van der Waals surface area contributed by atoms with E-state index in [0.717, 1.165) is 12.1 Å². The molecule has 90 valence electrons. The van der Waals surface area contributed by atoms with Crippen molar-refractivity contribution < 1.29 is 19.1 Å². The Morgan fingerprint density at radius 1 is 1.35 bits per heavy atom. The van der Waals surface area contributed by atoms with E-state index in [1.54, 1.807) is 0 Å². The van der Waals surface area contributed by atoms with Crippen molar-refractivity contribution >= 4 is 33.8 Å². The summed E-state index contributed by atoms with van der Waals surface area (Å²) >= 11 is 3.13. The summed E-state index contributed by atoms with van der Waals surface area (Å²) in [4.78, 5) is 21.9. The van der Waals surface area contributed by atoms with Crippen molar-refractivity contribution in [2.45, 2.75) is 6.42 Å². The van der Waals surface area contributed by atoms with Crippen LogP contribution in [0.15, 0.2) is 24.3 Å². The Labute approximate surface area is 106 Å². The van der Waals surface area contributed by atoms with Crippen molar-refractivity contribution in [1.82, 2.24) is 0 Å². The van der Waals surface area contributed by atoms with Gasteiger partial charge in [-0.05, 0) is 29.8 Å². The molecule has 0 aliphatic rings. The number of aliphatic carboxylic acids is 1. The van der Waals surface area contributed by atoms with Crippen LogP contribution in [0, 0.1) is 5.82 Å². The molecule has 0 unspecified atom stereocenters. The number of Topliss-reactive ketones (excluding diaryl/α,β-unsaturated/α-hetero) is 1. The minimum atomic E-state index is -1.12. The Morgan fingerprint density at radius 2 is 2.06 bits per heavy atom. The third-order valence-electron chi connectivity index (χ3n) is 1.98. The van der Waals surface area contributed by atoms with E-state index >= 15 is 0 Å². The van der Waals surface area contributed by atoms with Gasteiger partial charge in [-0.2, -0.15) is 0 Å². The van der Waals surface area contributed by atoms with Gasteiger partial charge in [-0.1, -0.05) is 15.9 Å². The van der Waals surface area contributed by atoms with Gasteiger partial charge in [0.15, 0.2) is 5.78 Å². The summed E-state index contributed by atoms with van der Waals surface area (Å²) in [6, 6.07) is 3.78. The zero-order valence-corrected chi connectivity index (χ0v) is 10.4. The highest BCUT2D eigenvalue weighted by Gasteiger charge is 2.07. The Hall–Kier alpha value is -1.49. The molecule has 5 heteroatoms. The summed E-state index contributed by atoms with van der Waals surface area (Å²) < 4.78 is 13.2. The van der Waals surface area contributed by atoms with Gasteiger partial charge < -0.3 is 5.11 Å². The van der Waals surface area contributed by atoms with E-state index in [1.165, 1.54) is 18.2 Å². The van der Waals surface area contributed by atoms with Crippen LogP contribution >= 0.6 is 15.9 Å². The van der Waals surface area contributed by atoms with Crippen molar-refractivity contribution in [3.05, 3.63) is 41.2 Å². The number of benzene rings is 1. The largest absolute Gasteiger partial charge is 0.478 e. The van der Waals surface area contributed by atoms with Crippen LogP contribution in [-0.4, -0.2) is 22.2 Å². The van der Waals surface area contributed by atoms with Gasteiger partial charge in [0.05, 0.1) is 0 Å². The van der Waals surface area contributed by atoms with Crippen LogP contribution in [0.4, 0.5) is 4.39 Å². The molecule has 0 aliphatic carbocycles. The number of carboxylic acids is 1. The first-order valence-corrected chi connectivity index (χ1v) is 5.96. The van der Waals surface area contributed by atoms with E-state index < -0.39 is 11.8 Å². The average molecular weight is 301 g/mol. The lowest BCUT2D eigenvalue weighted by molar-refractivity contribution is -0.131. The van der Waals surface area contributed by atoms with Gasteiger partial charge in [-0.15, -0.1) is 0 Å². The number of carbonyl (C=O) groups is 2. The van der Waals surface area contributed by atoms with E-state index in [9.17, 15) is 14.0 Å². The number of hydrogen-bond acceptors (Lipinski definition) is 2. The second-order valence-electron chi connectivity index (χ2n) is 3.31. The molecule has 0 radical (unpaired) electrons. The van der Waals surface area contributed by atoms with E-state index in [2.05, 4.69) is 15.9 Å². The van der Waals surface area contributed by atoms with Crippen LogP contribution in [0.1, 0.15) is 22.3 Å². The number of ketones is 1. The lowest BCUT2D eigenvalue weighted by atomic mass is 10.0. The Morgan fingerprint density at radius 3 is 2.65 bits per heavy atom. The van der Waals surface area contributed by atoms with Gasteiger partial charge in [0.1, 0.15) is 5.82 Å². The summed E-state index contributed by atoms with van der Waals surface area (Å²) in [6.45, 7) is 0. The molecule has 0 aromatic heterocycles. The predicted octanol–water partition coefficient (Wildman–Crippen LogP) is 2.89. The van der Waals surface area contributed by atoms with Crippen molar-refractivity contribution in [3.8, 4) is 0 Å². The third kappa shape index (κ3) is 4.48. The lowest BCUT2D eigenvalue weighted by Crippen LogP contribution is -2.00. The second kappa shape index (κ2) is 6.30. The minimum absolute atomic E-state index is 0.189. The number of rotatable bonds is 5. The predicted molar refractivity (Wildman–Crippen MR) is 65.8 cm³/mol. The van der Waals surface area contributed by atoms with Crippen LogP contribution in [0.3, 0.4) is 0 Å². The van der Waals surface area contributed by atoms with Gasteiger partial charge in [0.2, 0.25) is 0 Å². The summed E-state index contributed by atoms with van der Waals surface area (Å²) in [7, 11) is 0. The molecule has 17 heavy (non-hydrogen) atoms. The lowest BCUT2D eigenvalue weighted by Gasteiger charge is -2.01. The maximum absolute atomic E-state index is 13.2. The number of halogens is 2. The van der Waals surface area contributed by atoms with Crippen molar-refractivity contribution in [1.29, 1.82) is 0 Å². The second-order valence-corrected chi connectivity index (χ2v) is 4.10. The molecule has 0 saturated heterocycles. The molecule has 0 saturated carbocycles. The van der Waals surface area contributed by atoms with Gasteiger partial charge >= 0.3 is 5.97 Å². The number of hydrogen-bond donors (Lipinski definition) is 1. The van der Waals surface area contributed by atoms with Crippen LogP contribution in [0.2, 0.25) is 0 Å². The quantitative estimate of drug-likeness (QED) is 0.517. The van der Waals surface area contributed by atoms with Crippen molar-refractivity contribution in [2.75, 3.05) is 5.33 Å². The number of alkyl halides is 1. The summed E-state index contributed by atoms with van der Waals surface area (Å²) in [5.74, 6) is -1.87. The van der Waals surface area contributed by atoms with E-state index in [-0.39, 0.29) is 17.8 Å². The molecule has 0 fully saturated rings. The Balaban J connectivity index is 3.02. The van der Waals surface area contributed by atoms with Crippen LogP contribution in [0.5, 0.6) is 0 Å². The van der Waals surface area contributed by atoms with E-state index in [1.807, 2.05) is 0 Å². The smallest absolute Gasteiger partial charge is 0.328 e. The van der Waals surface area contributed by atoms with Crippen LogP contribution in [0.25, 0.3) is 6.08 Å². The molecular formula is C12H10BrFO3. The fourth-order valence-corrected chi connectivity index (χ4v) is 1.63. The average Bonchev–Trinajstić information content (AvgIpc) is 2.26. The molecular weight excluding hydrogens is 291 g/mol. The fraction of sp³-hybridized carbons (Fsp3) is 0.167. The van der Waals surface area contributed by atoms with Crippen LogP contribution < -0.4 is 0 Å². The monoisotopic (exact) mass is 300 g/mol. The van der Waals surface area contributed by atoms with Gasteiger partial charge in [-0.3, -0.25) is 4.79 Å². The Kier molecular flexibility index (Phi) is 5.03. The van der Waals surface area contributed by atoms with E-state index in [0.29, 0.717) is 10.9 Å². The standard InChI is InChI=1S/C12H10BrFO3/c13-4-3-11(15)9-5-8(1-2-12(16)17)6-10(14)7-9/h1-2,5-7H,3-4H2,(H,16,17). The number of carboxylic acid groups (broad SMARTS) is 1. The highest BCUT2D eigenvalue weighted by atomic mass is 79.9. The summed E-state index contributed by atoms with van der Waals surface area (Å²) in [5.41, 5.74) is 0.597. The van der Waals surface area contributed by atoms with Crippen molar-refractivity contribution in [2.24, 2.45) is 0 Å². The topological polar surface area (TPSA) is 54.4 Å². The molecule has 0 amide bonds. The molecule has 3 nitrogen and oxygen atoms in total. The molecule has 0 atom stereocenters. The molecule has 1 aromatic carbocycles. The third-order valence-corrected chi connectivity index (χ3v) is 2.38. The minimum Gasteiger partial charge on any atom is -0.478 e. The molecule has 0 heterocycles. The maximum Gasteiger partial charge on any atom is 0.328 e. The SMILES string of the molecule is O=C(O)C=Cc1cc(F)cc(C(=O)CCBr)c1. The first-order valence-electron chi connectivity index (χ1n) is 4.83. The van der Waals surface area contributed by atoms with E-state index in [4.69, 9.17) is 5.11 Å². The molecule has 0 spiro atoms. The molecule has 0 bridgehead atoms. The first kappa shape index (κ1) is 13.6. The normalized spacial score (nSPS) is 10.7. The van der Waals surface area contributed by atoms with Gasteiger partial charge in [-0.25, -0.2) is 9.18 Å². The Bertz CT molecular complexity index is 469. The zero-order chi connectivity index (χ0) is 12.8. The highest BCUT2D eigenvalue weighted by molar-refractivity contribution is 9.09. The van der Waals surface area contributed by atoms with Crippen molar-refractivity contribution in [3.63, 3.8) is 0 Å². The first-order chi connectivity index (χ1) is 8.02.